The molecule has 680 valence electrons. The van der Waals surface area contributed by atoms with Gasteiger partial charge in [-0.1, -0.05) is 291 Å². The summed E-state index contributed by atoms with van der Waals surface area (Å²) in [5.74, 6) is -3.83. The van der Waals surface area contributed by atoms with Crippen molar-refractivity contribution in [1.29, 1.82) is 0 Å². The third kappa shape index (κ3) is 15.7. The lowest BCUT2D eigenvalue weighted by Gasteiger charge is -2.51. The van der Waals surface area contributed by atoms with Crippen LogP contribution in [0.4, 0.5) is 61.5 Å². The molecule has 0 amide bonds. The number of alkyl halides is 14. The Hall–Kier alpha value is -12.3. The van der Waals surface area contributed by atoms with E-state index in [1.807, 2.05) is 0 Å². The van der Waals surface area contributed by atoms with Crippen LogP contribution in [0.15, 0.2) is 359 Å². The van der Waals surface area contributed by atoms with E-state index < -0.39 is 196 Å². The highest BCUT2D eigenvalue weighted by Gasteiger charge is 2.69. The first-order chi connectivity index (χ1) is 61.5. The number of halogens is 14. The molecule has 8 N–H and O–H groups in total. The second kappa shape index (κ2) is 32.8. The van der Waals surface area contributed by atoms with Crippen LogP contribution in [0.2, 0.25) is 0 Å². The molecule has 0 aromatic heterocycles. The molecule has 132 heavy (non-hydrogen) atoms. The monoisotopic (exact) mass is 1890 g/mol. The van der Waals surface area contributed by atoms with E-state index in [2.05, 4.69) is 0 Å². The van der Waals surface area contributed by atoms with E-state index in [0.717, 1.165) is 153 Å². The molecule has 14 aromatic carbocycles. The number of hydrogen-bond acceptors (Lipinski definition) is 10. The summed E-state index contributed by atoms with van der Waals surface area (Å²) in [5.41, 5.74) is -12.0. The van der Waals surface area contributed by atoms with Crippen molar-refractivity contribution in [2.45, 2.75) is 116 Å². The summed E-state index contributed by atoms with van der Waals surface area (Å²) >= 11 is 0. The summed E-state index contributed by atoms with van der Waals surface area (Å²) in [7, 11) is -20.9. The molecule has 5 atom stereocenters. The first-order valence-electron chi connectivity index (χ1n) is 40.1. The Balaban J connectivity index is 0.766. The van der Waals surface area contributed by atoms with Crippen LogP contribution in [0.25, 0.3) is 44.5 Å². The zero-order valence-corrected chi connectivity index (χ0v) is 72.7. The molecule has 0 bridgehead atoms. The maximum absolute atomic E-state index is 18.1. The Labute approximate surface area is 750 Å². The van der Waals surface area contributed by atoms with Gasteiger partial charge in [0.1, 0.15) is 32.0 Å². The second-order valence-electron chi connectivity index (χ2n) is 33.5. The van der Waals surface area contributed by atoms with Crippen LogP contribution in [-0.2, 0) is 79.0 Å². The summed E-state index contributed by atoms with van der Waals surface area (Å²) in [5, 5.41) is 0. The molecular formula is C100H76F14N2O12S4. The molecule has 0 aliphatic heterocycles. The van der Waals surface area contributed by atoms with E-state index in [1.54, 1.807) is 19.9 Å². The number of rotatable bonds is 23. The topological polar surface area (TPSA) is 270 Å². The Kier molecular flexibility index (Phi) is 23.5. The van der Waals surface area contributed by atoms with Crippen molar-refractivity contribution in [2.75, 3.05) is 0 Å². The van der Waals surface area contributed by atoms with Crippen LogP contribution in [0, 0.1) is 0 Å². The summed E-state index contributed by atoms with van der Waals surface area (Å²) in [6.07, 6.45) is -21.3. The number of nitrogens with two attached hydrogens (primary N) is 2. The smallest absolute Gasteiger partial charge is 0.324 e. The predicted molar refractivity (Wildman–Crippen MR) is 469 cm³/mol. The molecule has 15 rings (SSSR count). The lowest BCUT2D eigenvalue weighted by Crippen LogP contribution is -2.62. The minimum atomic E-state index is -5.57. The molecule has 0 saturated heterocycles. The van der Waals surface area contributed by atoms with Gasteiger partial charge in [0, 0.05) is 22.2 Å². The zero-order valence-electron chi connectivity index (χ0n) is 69.5. The number of benzene rings is 14. The largest absolute Gasteiger partial charge is 0.406 e. The van der Waals surface area contributed by atoms with Crippen molar-refractivity contribution in [3.8, 4) is 44.5 Å². The fraction of sp³-hybridized carbons (Fsp3) is 0.160. The minimum absolute atomic E-state index is 0.0561. The van der Waals surface area contributed by atoms with E-state index in [-0.39, 0.29) is 61.2 Å². The third-order valence-electron chi connectivity index (χ3n) is 25.0. The molecule has 14 aromatic rings. The van der Waals surface area contributed by atoms with E-state index in [9.17, 15) is 51.9 Å². The minimum Gasteiger partial charge on any atom is -0.324 e. The molecule has 0 fully saturated rings. The van der Waals surface area contributed by atoms with E-state index in [4.69, 9.17) is 11.5 Å². The highest BCUT2D eigenvalue weighted by molar-refractivity contribution is 7.86. The Bertz CT molecular complexity index is 7260. The van der Waals surface area contributed by atoms with Crippen LogP contribution in [0.1, 0.15) is 117 Å². The highest BCUT2D eigenvalue weighted by Crippen LogP contribution is 2.66. The lowest BCUT2D eigenvalue weighted by atomic mass is 9.54. The van der Waals surface area contributed by atoms with Gasteiger partial charge in [-0.05, 0) is 199 Å². The second-order valence-corrected chi connectivity index (χ2v) is 39.1. The van der Waals surface area contributed by atoms with Gasteiger partial charge in [-0.15, -0.1) is 0 Å². The molecule has 32 heteroatoms. The van der Waals surface area contributed by atoms with Crippen molar-refractivity contribution in [3.63, 3.8) is 0 Å². The van der Waals surface area contributed by atoms with Crippen molar-refractivity contribution in [1.82, 2.24) is 0 Å². The van der Waals surface area contributed by atoms with Gasteiger partial charge in [-0.3, -0.25) is 18.2 Å². The van der Waals surface area contributed by atoms with Gasteiger partial charge in [-0.25, -0.2) is 0 Å². The van der Waals surface area contributed by atoms with Crippen LogP contribution >= 0.6 is 0 Å². The Morgan fingerprint density at radius 1 is 0.258 bits per heavy atom. The first kappa shape index (κ1) is 94.3. The molecule has 0 spiro atoms. The van der Waals surface area contributed by atoms with Gasteiger partial charge in [0.25, 0.3) is 46.4 Å². The SMILES string of the molecule is CC(C)(N)c1ccc(C(c2ccc(-c3ccc4c(c3)C(F)(F)C4(c3ccccc3)c3ccc(-c4ccc(C(c5ccccc5)(c5ccc(-c6ccc(C(c7ccc(-c8ccc(C(c9cccc(S(=O)(=O)O)c9)(C(C)(C)N)C(F)(F)F)cc8)cc7)(c7cccc(S(=O)(=O)O)c7)C(F)(F)F)cc6)cc5)C(F)(F)F)cc4S(=O)(=O)O)cc3)cc2)(c2cccc(S(=O)(=O)O)c2)C(F)(F)F)cc1. The molecule has 1 aliphatic rings. The van der Waals surface area contributed by atoms with Crippen LogP contribution in [0.5, 0.6) is 0 Å². The van der Waals surface area contributed by atoms with Gasteiger partial charge in [0.05, 0.1) is 14.7 Å². The van der Waals surface area contributed by atoms with Crippen molar-refractivity contribution < 1.29 is 113 Å². The summed E-state index contributed by atoms with van der Waals surface area (Å²) in [6.45, 7) is 5.39. The normalized spacial score (nSPS) is 16.6. The fourth-order valence-electron chi connectivity index (χ4n) is 18.9. The standard InChI is InChI=1S/C100H76F14N2O12S4/c1-89(2,115)68-49-51-75(52-50-68)93(99(109,110)111,79-19-12-22-83(58-79)130(120,121)122)74-43-30-65(31-44-74)67-36-55-86-87(56-67)96(101,102)94(86,70-16-9-6-10-17-70)76-45-34-66(35-46-76)85-54-53-80(60-88(85)132(126,127)128)91(97(103,104)105,69-14-7-5-8-15-69)71-37-24-61(25-38-71)62-26-39-72(40-27-62)92(98(106,107)108,78-18-11-21-82(57-78)129(117,118)119)73-41-28-63(29-42-73)64-32-47-77(48-33-64)95(90(3,4)116,100(112,113)114)81-20-13-23-84(59-81)131(123,124)125/h5-60H,115-116H2,1-4H3,(H,117,118,119)(H,120,121,122)(H,123,124,125)(H,126,127,128). The number of fused-ring (bicyclic) bond motifs is 1. The quantitative estimate of drug-likeness (QED) is 0.0198. The average Bonchev–Trinajstić information content (AvgIpc) is 0.663. The van der Waals surface area contributed by atoms with Crippen molar-refractivity contribution in [3.05, 3.63) is 429 Å². The Morgan fingerprint density at radius 3 is 0.894 bits per heavy atom. The fourth-order valence-corrected chi connectivity index (χ4v) is 21.2. The number of hydrogen-bond donors (Lipinski definition) is 6. The first-order valence-corrected chi connectivity index (χ1v) is 45.9. The van der Waals surface area contributed by atoms with Gasteiger partial charge in [0.15, 0.2) is 0 Å². The van der Waals surface area contributed by atoms with E-state index >= 15 is 61.5 Å². The van der Waals surface area contributed by atoms with Crippen LogP contribution in [-0.4, -0.2) is 82.1 Å². The molecule has 14 nitrogen and oxygen atoms in total. The highest BCUT2D eigenvalue weighted by atomic mass is 32.2. The molecule has 0 heterocycles. The Morgan fingerprint density at radius 2 is 0.545 bits per heavy atom. The molecule has 0 saturated carbocycles. The molecule has 1 aliphatic carbocycles. The van der Waals surface area contributed by atoms with Gasteiger partial charge >= 0.3 is 24.7 Å². The zero-order chi connectivity index (χ0) is 95.8. The third-order valence-corrected chi connectivity index (χ3v) is 28.4. The molecule has 5 unspecified atom stereocenters. The average molecular weight is 1890 g/mol. The van der Waals surface area contributed by atoms with Crippen LogP contribution in [0.3, 0.4) is 0 Å². The van der Waals surface area contributed by atoms with Crippen molar-refractivity contribution >= 4 is 40.5 Å². The predicted octanol–water partition coefficient (Wildman–Crippen LogP) is 23.3. The van der Waals surface area contributed by atoms with E-state index in [1.165, 1.54) is 170 Å². The van der Waals surface area contributed by atoms with E-state index in [0.29, 0.717) is 29.8 Å². The van der Waals surface area contributed by atoms with Gasteiger partial charge < -0.3 is 11.5 Å². The van der Waals surface area contributed by atoms with Gasteiger partial charge in [-0.2, -0.15) is 95.1 Å². The summed E-state index contributed by atoms with van der Waals surface area (Å²) in [6, 6.07) is 63.9. The lowest BCUT2D eigenvalue weighted by molar-refractivity contribution is -0.193. The summed E-state index contributed by atoms with van der Waals surface area (Å²) in [4.78, 5) is -3.70. The summed E-state index contributed by atoms with van der Waals surface area (Å²) < 4.78 is 378. The molecular weight excluding hydrogens is 1820 g/mol. The van der Waals surface area contributed by atoms with Crippen molar-refractivity contribution in [2.24, 2.45) is 11.5 Å². The molecule has 0 radical (unpaired) electrons. The maximum atomic E-state index is 18.1. The maximum Gasteiger partial charge on any atom is 0.406 e. The van der Waals surface area contributed by atoms with Crippen LogP contribution < -0.4 is 11.5 Å². The van der Waals surface area contributed by atoms with Gasteiger partial charge in [0.2, 0.25) is 0 Å².